The van der Waals surface area contributed by atoms with Gasteiger partial charge in [0.05, 0.1) is 0 Å². The Hall–Kier alpha value is -6.86. The van der Waals surface area contributed by atoms with E-state index in [2.05, 4.69) is 21.3 Å². The second-order valence-corrected chi connectivity index (χ2v) is 14.3. The molecule has 6 rings (SSSR count). The largest absolute Gasteiger partial charge is 0.505 e. The molecule has 16 nitrogen and oxygen atoms in total. The summed E-state index contributed by atoms with van der Waals surface area (Å²) in [6.07, 6.45) is 0. The molecule has 6 aromatic rings. The third-order valence-corrected chi connectivity index (χ3v) is 9.78. The van der Waals surface area contributed by atoms with Crippen LogP contribution in [0, 0.1) is 0 Å². The summed E-state index contributed by atoms with van der Waals surface area (Å²) in [4.78, 5) is 49.7. The first-order valence-electron chi connectivity index (χ1n) is 15.4. The Morgan fingerprint density at radius 2 is 0.796 bits per heavy atom. The Morgan fingerprint density at radius 3 is 1.13 bits per heavy atom. The minimum atomic E-state index is -4.87. The number of benzene rings is 6. The van der Waals surface area contributed by atoms with Gasteiger partial charge in [-0.05, 0) is 71.4 Å². The van der Waals surface area contributed by atoms with Crippen LogP contribution >= 0.6 is 0 Å². The molecule has 54 heavy (non-hydrogen) atoms. The summed E-state index contributed by atoms with van der Waals surface area (Å²) in [5, 5.41) is 31.7. The van der Waals surface area contributed by atoms with Crippen LogP contribution in [0.2, 0.25) is 0 Å². The van der Waals surface area contributed by atoms with E-state index >= 15 is 0 Å². The van der Waals surface area contributed by atoms with E-state index in [0.717, 1.165) is 12.1 Å². The summed E-state index contributed by atoms with van der Waals surface area (Å²) >= 11 is 0. The highest BCUT2D eigenvalue weighted by Crippen LogP contribution is 2.40. The molecule has 0 radical (unpaired) electrons. The van der Waals surface area contributed by atoms with E-state index in [-0.39, 0.29) is 33.3 Å². The molecule has 4 amide bonds. The van der Waals surface area contributed by atoms with Gasteiger partial charge in [0.2, 0.25) is 0 Å². The molecular formula is C36H26N4O12S2. The molecule has 8 N–H and O–H groups in total. The van der Waals surface area contributed by atoms with Crippen molar-refractivity contribution in [1.29, 1.82) is 0 Å². The highest BCUT2D eigenvalue weighted by molar-refractivity contribution is 7.86. The van der Waals surface area contributed by atoms with Crippen molar-refractivity contribution in [3.63, 3.8) is 0 Å². The van der Waals surface area contributed by atoms with Crippen molar-refractivity contribution < 1.29 is 55.3 Å². The highest BCUT2D eigenvalue weighted by atomic mass is 32.2. The minimum absolute atomic E-state index is 0.0412. The normalized spacial score (nSPS) is 11.5. The molecule has 0 spiro atoms. The predicted molar refractivity (Wildman–Crippen MR) is 197 cm³/mol. The van der Waals surface area contributed by atoms with Crippen molar-refractivity contribution in [2.75, 3.05) is 21.3 Å². The van der Waals surface area contributed by atoms with E-state index in [9.17, 15) is 55.3 Å². The van der Waals surface area contributed by atoms with Crippen molar-refractivity contribution in [1.82, 2.24) is 0 Å². The maximum atomic E-state index is 13.0. The third kappa shape index (κ3) is 7.66. The van der Waals surface area contributed by atoms with Crippen molar-refractivity contribution in [2.45, 2.75) is 9.79 Å². The third-order valence-electron chi connectivity index (χ3n) is 8.02. The zero-order valence-electron chi connectivity index (χ0n) is 27.3. The van der Waals surface area contributed by atoms with Crippen LogP contribution in [0.5, 0.6) is 11.5 Å². The van der Waals surface area contributed by atoms with Crippen LogP contribution in [0.25, 0.3) is 21.5 Å². The number of carbonyl (C=O) groups is 4. The molecular weight excluding hydrogens is 745 g/mol. The van der Waals surface area contributed by atoms with Gasteiger partial charge in [0, 0.05) is 33.3 Å². The summed E-state index contributed by atoms with van der Waals surface area (Å²) in [7, 11) is -9.74. The van der Waals surface area contributed by atoms with Gasteiger partial charge in [0.1, 0.15) is 32.7 Å². The Bertz CT molecular complexity index is 2560. The highest BCUT2D eigenvalue weighted by Gasteiger charge is 2.25. The van der Waals surface area contributed by atoms with Gasteiger partial charge in [0.15, 0.2) is 0 Å². The molecule has 6 aromatic carbocycles. The van der Waals surface area contributed by atoms with Crippen LogP contribution in [0.4, 0.5) is 22.7 Å². The number of fused-ring (bicyclic) bond motifs is 2. The number of anilines is 4. The molecule has 0 saturated carbocycles. The second-order valence-electron chi connectivity index (χ2n) is 11.6. The molecule has 0 fully saturated rings. The van der Waals surface area contributed by atoms with Crippen LogP contribution in [0.3, 0.4) is 0 Å². The fourth-order valence-corrected chi connectivity index (χ4v) is 6.78. The standard InChI is InChI=1S/C36H26N4O12S2/c41-31-25-7-3-1-5-21(25)17-27(53(47,48)49)29(31)39-33(43)19-9-13-23(14-10-19)37-35(45)36(46)38-24-15-11-20(12-16-24)34(44)40-30-28(54(50,51)52)18-22-6-2-4-8-26(22)32(30)42/h1-18,41-42H,(H,37,45)(H,38,46)(H,39,43)(H,40,44)(H,47,48,49)(H,50,51,52). The van der Waals surface area contributed by atoms with Gasteiger partial charge in [0.25, 0.3) is 32.1 Å². The average Bonchev–Trinajstić information content (AvgIpc) is 3.13. The molecule has 18 heteroatoms. The Labute approximate surface area is 305 Å². The van der Waals surface area contributed by atoms with E-state index in [4.69, 9.17) is 0 Å². The van der Waals surface area contributed by atoms with Crippen LogP contribution in [0.1, 0.15) is 20.7 Å². The average molecular weight is 771 g/mol. The van der Waals surface area contributed by atoms with Gasteiger partial charge in [-0.2, -0.15) is 16.8 Å². The topological polar surface area (TPSA) is 266 Å². The zero-order valence-corrected chi connectivity index (χ0v) is 28.9. The number of nitrogens with one attached hydrogen (secondary N) is 4. The Morgan fingerprint density at radius 1 is 0.463 bits per heavy atom. The number of phenols is 2. The molecule has 0 aliphatic carbocycles. The zero-order chi connectivity index (χ0) is 38.9. The SMILES string of the molecule is O=C(Nc1ccc(C(=O)Nc2c(S(=O)(=O)O)cc3ccccc3c2O)cc1)C(=O)Nc1ccc(C(=O)Nc2c(S(=O)(=O)O)cc3ccccc3c2O)cc1. The number of phenolic OH excluding ortho intramolecular Hbond substituents is 2. The fourth-order valence-electron chi connectivity index (χ4n) is 5.41. The first-order chi connectivity index (χ1) is 25.5. The second kappa shape index (κ2) is 14.3. The van der Waals surface area contributed by atoms with Crippen molar-refractivity contribution >= 4 is 88.2 Å². The van der Waals surface area contributed by atoms with Crippen molar-refractivity contribution in [3.8, 4) is 11.5 Å². The molecule has 0 aliphatic heterocycles. The number of carbonyl (C=O) groups excluding carboxylic acids is 4. The lowest BCUT2D eigenvalue weighted by Gasteiger charge is -2.14. The molecule has 0 aliphatic rings. The van der Waals surface area contributed by atoms with Crippen molar-refractivity contribution in [2.24, 2.45) is 0 Å². The van der Waals surface area contributed by atoms with Crippen molar-refractivity contribution in [3.05, 3.63) is 120 Å². The number of aromatic hydroxyl groups is 2. The molecule has 0 atom stereocenters. The van der Waals surface area contributed by atoms with Gasteiger partial charge in [-0.15, -0.1) is 0 Å². The fraction of sp³-hybridized carbons (Fsp3) is 0. The lowest BCUT2D eigenvalue weighted by atomic mass is 10.1. The minimum Gasteiger partial charge on any atom is -0.505 e. The van der Waals surface area contributed by atoms with Gasteiger partial charge < -0.3 is 31.5 Å². The van der Waals surface area contributed by atoms with E-state index in [1.54, 1.807) is 24.3 Å². The Balaban J connectivity index is 1.09. The number of hydrogen-bond acceptors (Lipinski definition) is 10. The maximum absolute atomic E-state index is 13.0. The van der Waals surface area contributed by atoms with E-state index in [1.165, 1.54) is 72.8 Å². The molecule has 0 heterocycles. The van der Waals surface area contributed by atoms with Crippen LogP contribution < -0.4 is 21.3 Å². The molecule has 0 bridgehead atoms. The Kier molecular flexibility index (Phi) is 9.76. The van der Waals surface area contributed by atoms with Crippen LogP contribution in [-0.4, -0.2) is 59.8 Å². The van der Waals surface area contributed by atoms with Crippen LogP contribution in [-0.2, 0) is 29.8 Å². The summed E-state index contributed by atoms with van der Waals surface area (Å²) < 4.78 is 67.6. The lowest BCUT2D eigenvalue weighted by Crippen LogP contribution is -2.29. The smallest absolute Gasteiger partial charge is 0.314 e. The first-order valence-corrected chi connectivity index (χ1v) is 18.3. The van der Waals surface area contributed by atoms with E-state index < -0.39 is 76.5 Å². The summed E-state index contributed by atoms with van der Waals surface area (Å²) in [5.41, 5.74) is -0.987. The van der Waals surface area contributed by atoms with Crippen LogP contribution in [0.15, 0.2) is 119 Å². The molecule has 0 unspecified atom stereocenters. The summed E-state index contributed by atoms with van der Waals surface area (Å²) in [6.45, 7) is 0. The molecule has 0 saturated heterocycles. The number of amides is 4. The van der Waals surface area contributed by atoms with Gasteiger partial charge >= 0.3 is 11.8 Å². The van der Waals surface area contributed by atoms with Gasteiger partial charge in [-0.25, -0.2) is 0 Å². The molecule has 0 aromatic heterocycles. The monoisotopic (exact) mass is 770 g/mol. The van der Waals surface area contributed by atoms with E-state index in [1.807, 2.05) is 0 Å². The van der Waals surface area contributed by atoms with Gasteiger partial charge in [-0.1, -0.05) is 48.5 Å². The summed E-state index contributed by atoms with van der Waals surface area (Å²) in [5.74, 6) is -5.14. The number of rotatable bonds is 8. The summed E-state index contributed by atoms with van der Waals surface area (Å²) in [6, 6.07) is 24.6. The number of hydrogen-bond donors (Lipinski definition) is 8. The first kappa shape index (κ1) is 36.9. The van der Waals surface area contributed by atoms with E-state index in [0.29, 0.717) is 10.8 Å². The quantitative estimate of drug-likeness (QED) is 0.0579. The maximum Gasteiger partial charge on any atom is 0.314 e. The predicted octanol–water partition coefficient (Wildman–Crippen LogP) is 4.98. The lowest BCUT2D eigenvalue weighted by molar-refractivity contribution is -0.132. The van der Waals surface area contributed by atoms with Gasteiger partial charge in [-0.3, -0.25) is 28.3 Å². The molecule has 274 valence electrons.